The van der Waals surface area contributed by atoms with E-state index >= 15 is 0 Å². The first kappa shape index (κ1) is 24.9. The zero-order valence-electron chi connectivity index (χ0n) is 16.9. The molecular formula is C21H47N2+. The third-order valence-electron chi connectivity index (χ3n) is 5.17. The molecule has 0 aliphatic rings. The monoisotopic (exact) mass is 327 g/mol. The molecule has 0 spiro atoms. The molecule has 0 atom stereocenters. The molecule has 0 radical (unpaired) electrons. The lowest BCUT2D eigenvalue weighted by atomic mass is 10.1. The largest absolute Gasteiger partial charge is 0.327 e. The molecule has 0 aromatic heterocycles. The number of hydrogen-bond donors (Lipinski definition) is 1. The fraction of sp³-hybridized carbons (Fsp3) is 0.905. The van der Waals surface area contributed by atoms with Crippen molar-refractivity contribution in [3.05, 3.63) is 12.7 Å². The van der Waals surface area contributed by atoms with E-state index in [9.17, 15) is 0 Å². The molecule has 0 saturated carbocycles. The molecule has 0 aliphatic carbocycles. The Hall–Kier alpha value is -0.340. The lowest BCUT2D eigenvalue weighted by molar-refractivity contribution is -0.923. The SMILES string of the molecule is C=CCN.CCCCCCCCCCCC[N+](CC)(CC)CC. The van der Waals surface area contributed by atoms with Gasteiger partial charge in [0.2, 0.25) is 0 Å². The third kappa shape index (κ3) is 16.3. The molecule has 0 fully saturated rings. The van der Waals surface area contributed by atoms with Gasteiger partial charge in [-0.25, -0.2) is 0 Å². The highest BCUT2D eigenvalue weighted by Crippen LogP contribution is 2.13. The maximum Gasteiger partial charge on any atom is 0.0786 e. The zero-order chi connectivity index (χ0) is 17.8. The van der Waals surface area contributed by atoms with E-state index in [4.69, 9.17) is 5.73 Å². The van der Waals surface area contributed by atoms with Crippen molar-refractivity contribution in [1.82, 2.24) is 0 Å². The van der Waals surface area contributed by atoms with Gasteiger partial charge < -0.3 is 10.2 Å². The number of quaternary nitrogens is 1. The van der Waals surface area contributed by atoms with Crippen molar-refractivity contribution in [2.75, 3.05) is 32.7 Å². The summed E-state index contributed by atoms with van der Waals surface area (Å²) in [5, 5.41) is 0. The predicted octanol–water partition coefficient (Wildman–Crippen LogP) is 5.91. The fourth-order valence-electron chi connectivity index (χ4n) is 3.08. The highest BCUT2D eigenvalue weighted by molar-refractivity contribution is 4.64. The van der Waals surface area contributed by atoms with Crippen molar-refractivity contribution in [2.24, 2.45) is 5.73 Å². The van der Waals surface area contributed by atoms with E-state index in [0.717, 1.165) is 0 Å². The van der Waals surface area contributed by atoms with Crippen LogP contribution in [-0.2, 0) is 0 Å². The normalized spacial score (nSPS) is 11.0. The van der Waals surface area contributed by atoms with Gasteiger partial charge in [0.1, 0.15) is 0 Å². The summed E-state index contributed by atoms with van der Waals surface area (Å²) in [6, 6.07) is 0. The molecule has 0 aromatic carbocycles. The van der Waals surface area contributed by atoms with Crippen LogP contribution in [0.15, 0.2) is 12.7 Å². The van der Waals surface area contributed by atoms with E-state index in [-0.39, 0.29) is 0 Å². The topological polar surface area (TPSA) is 26.0 Å². The molecule has 140 valence electrons. The summed E-state index contributed by atoms with van der Waals surface area (Å²) in [6.07, 6.45) is 16.1. The molecule has 0 heterocycles. The molecule has 0 unspecified atom stereocenters. The molecule has 0 amide bonds. The Morgan fingerprint density at radius 1 is 0.696 bits per heavy atom. The van der Waals surface area contributed by atoms with Crippen molar-refractivity contribution in [3.63, 3.8) is 0 Å². The van der Waals surface area contributed by atoms with Gasteiger partial charge in [-0.3, -0.25) is 0 Å². The second-order valence-electron chi connectivity index (χ2n) is 6.72. The summed E-state index contributed by atoms with van der Waals surface area (Å²) in [7, 11) is 0. The molecule has 2 N–H and O–H groups in total. The highest BCUT2D eigenvalue weighted by Gasteiger charge is 2.19. The first-order chi connectivity index (χ1) is 11.2. The Kier molecular flexibility index (Phi) is 21.3. The molecule has 0 aliphatic heterocycles. The minimum Gasteiger partial charge on any atom is -0.327 e. The van der Waals surface area contributed by atoms with Gasteiger partial charge >= 0.3 is 0 Å². The average Bonchev–Trinajstić information content (AvgIpc) is 2.61. The maximum absolute atomic E-state index is 4.91. The predicted molar refractivity (Wildman–Crippen MR) is 108 cm³/mol. The van der Waals surface area contributed by atoms with Gasteiger partial charge in [0, 0.05) is 6.54 Å². The number of nitrogens with zero attached hydrogens (tertiary/aromatic N) is 1. The van der Waals surface area contributed by atoms with Crippen molar-refractivity contribution in [3.8, 4) is 0 Å². The van der Waals surface area contributed by atoms with Gasteiger partial charge in [0.15, 0.2) is 0 Å². The first-order valence-electron chi connectivity index (χ1n) is 10.3. The van der Waals surface area contributed by atoms with Crippen LogP contribution in [0.5, 0.6) is 0 Å². The van der Waals surface area contributed by atoms with E-state index in [0.29, 0.717) is 6.54 Å². The van der Waals surface area contributed by atoms with Gasteiger partial charge in [-0.2, -0.15) is 0 Å². The molecule has 2 heteroatoms. The minimum atomic E-state index is 0.583. The van der Waals surface area contributed by atoms with Gasteiger partial charge in [-0.1, -0.05) is 64.4 Å². The van der Waals surface area contributed by atoms with Crippen molar-refractivity contribution >= 4 is 0 Å². The van der Waals surface area contributed by atoms with Crippen LogP contribution in [0.3, 0.4) is 0 Å². The number of rotatable bonds is 15. The van der Waals surface area contributed by atoms with Gasteiger partial charge in [-0.05, 0) is 33.6 Å². The Bertz CT molecular complexity index is 214. The van der Waals surface area contributed by atoms with Crippen LogP contribution in [-0.4, -0.2) is 37.2 Å². The molecular weight excluding hydrogens is 280 g/mol. The summed E-state index contributed by atoms with van der Waals surface area (Å²) in [4.78, 5) is 0. The van der Waals surface area contributed by atoms with Gasteiger partial charge in [0.05, 0.1) is 26.2 Å². The molecule has 0 bridgehead atoms. The quantitative estimate of drug-likeness (QED) is 0.226. The van der Waals surface area contributed by atoms with Crippen LogP contribution in [0, 0.1) is 0 Å². The Morgan fingerprint density at radius 3 is 1.35 bits per heavy atom. The average molecular weight is 328 g/mol. The summed E-state index contributed by atoms with van der Waals surface area (Å²) in [6.45, 7) is 18.6. The van der Waals surface area contributed by atoms with E-state index in [1.54, 1.807) is 6.08 Å². The van der Waals surface area contributed by atoms with Crippen molar-refractivity contribution in [1.29, 1.82) is 0 Å². The molecule has 2 nitrogen and oxygen atoms in total. The van der Waals surface area contributed by atoms with E-state index < -0.39 is 0 Å². The van der Waals surface area contributed by atoms with Crippen molar-refractivity contribution < 1.29 is 4.48 Å². The summed E-state index contributed by atoms with van der Waals surface area (Å²) in [5.74, 6) is 0. The lowest BCUT2D eigenvalue weighted by Crippen LogP contribution is -2.48. The Labute approximate surface area is 148 Å². The number of nitrogens with two attached hydrogens (primary N) is 1. The second-order valence-corrected chi connectivity index (χ2v) is 6.72. The fourth-order valence-corrected chi connectivity index (χ4v) is 3.08. The summed E-state index contributed by atoms with van der Waals surface area (Å²) < 4.78 is 1.33. The van der Waals surface area contributed by atoms with E-state index in [2.05, 4.69) is 34.3 Å². The second kappa shape index (κ2) is 19.7. The van der Waals surface area contributed by atoms with Crippen molar-refractivity contribution in [2.45, 2.75) is 91.9 Å². The smallest absolute Gasteiger partial charge is 0.0786 e. The van der Waals surface area contributed by atoms with Gasteiger partial charge in [-0.15, -0.1) is 6.58 Å². The Morgan fingerprint density at radius 2 is 1.04 bits per heavy atom. The first-order valence-corrected chi connectivity index (χ1v) is 10.3. The molecule has 0 aromatic rings. The van der Waals surface area contributed by atoms with Crippen LogP contribution < -0.4 is 5.73 Å². The zero-order valence-corrected chi connectivity index (χ0v) is 16.9. The van der Waals surface area contributed by atoms with Crippen LogP contribution in [0.1, 0.15) is 91.9 Å². The molecule has 0 saturated heterocycles. The lowest BCUT2D eigenvalue weighted by Gasteiger charge is -2.35. The molecule has 0 rings (SSSR count). The van der Waals surface area contributed by atoms with Crippen LogP contribution in [0.4, 0.5) is 0 Å². The summed E-state index contributed by atoms with van der Waals surface area (Å²) >= 11 is 0. The van der Waals surface area contributed by atoms with Gasteiger partial charge in [0.25, 0.3) is 0 Å². The van der Waals surface area contributed by atoms with E-state index in [1.807, 2.05) is 0 Å². The highest BCUT2D eigenvalue weighted by atomic mass is 15.3. The van der Waals surface area contributed by atoms with E-state index in [1.165, 1.54) is 94.9 Å². The standard InChI is InChI=1S/C18H40N.C3H7N/c1-5-9-10-11-12-13-14-15-16-17-18-19(6-2,7-3)8-4;1-2-3-4/h5-18H2,1-4H3;2H,1,3-4H2/q+1;. The summed E-state index contributed by atoms with van der Waals surface area (Å²) in [5.41, 5.74) is 4.91. The maximum atomic E-state index is 4.91. The third-order valence-corrected chi connectivity index (χ3v) is 5.17. The number of unbranched alkanes of at least 4 members (excludes halogenated alkanes) is 9. The minimum absolute atomic E-state index is 0.583. The van der Waals surface area contributed by atoms with Crippen LogP contribution in [0.25, 0.3) is 0 Å². The van der Waals surface area contributed by atoms with Crippen LogP contribution >= 0.6 is 0 Å². The Balaban J connectivity index is 0. The number of hydrogen-bond acceptors (Lipinski definition) is 1. The molecule has 23 heavy (non-hydrogen) atoms. The van der Waals surface area contributed by atoms with Crippen LogP contribution in [0.2, 0.25) is 0 Å².